The molecule has 32 heavy (non-hydrogen) atoms. The average molecular weight is 470 g/mol. The third kappa shape index (κ3) is 4.96. The second-order valence-corrected chi connectivity index (χ2v) is 8.39. The van der Waals surface area contributed by atoms with Gasteiger partial charge in [-0.3, -0.25) is 14.4 Å². The minimum Gasteiger partial charge on any atom is -0.468 e. The summed E-state index contributed by atoms with van der Waals surface area (Å²) >= 11 is 7.34. The fourth-order valence-corrected chi connectivity index (χ4v) is 4.52. The number of amides is 2. The summed E-state index contributed by atoms with van der Waals surface area (Å²) in [6.45, 7) is 1.88. The van der Waals surface area contributed by atoms with Gasteiger partial charge in [0, 0.05) is 16.6 Å². The van der Waals surface area contributed by atoms with Crippen LogP contribution in [0.3, 0.4) is 0 Å². The fraction of sp³-hybridized carbons (Fsp3) is 0.217. The highest BCUT2D eigenvalue weighted by Gasteiger charge is 2.45. The molecule has 0 aromatic heterocycles. The molecule has 1 aliphatic heterocycles. The van der Waals surface area contributed by atoms with Crippen molar-refractivity contribution in [2.24, 2.45) is 5.92 Å². The molecule has 0 saturated heterocycles. The van der Waals surface area contributed by atoms with Crippen molar-refractivity contribution in [1.29, 1.82) is 5.26 Å². The zero-order chi connectivity index (χ0) is 23.3. The summed E-state index contributed by atoms with van der Waals surface area (Å²) in [5.41, 5.74) is 2.19. The smallest absolute Gasteiger partial charge is 0.319 e. The zero-order valence-electron chi connectivity index (χ0n) is 17.3. The van der Waals surface area contributed by atoms with Gasteiger partial charge in [-0.15, -0.1) is 0 Å². The summed E-state index contributed by atoms with van der Waals surface area (Å²) < 4.78 is 4.81. The van der Waals surface area contributed by atoms with Crippen LogP contribution in [-0.2, 0) is 19.1 Å². The Morgan fingerprint density at radius 2 is 1.91 bits per heavy atom. The summed E-state index contributed by atoms with van der Waals surface area (Å²) in [4.78, 5) is 37.7. The molecule has 3 rings (SSSR count). The van der Waals surface area contributed by atoms with Crippen LogP contribution in [0.15, 0.2) is 59.1 Å². The number of aryl methyl sites for hydroxylation is 1. The first kappa shape index (κ1) is 23.4. The maximum absolute atomic E-state index is 12.8. The number of allylic oxidation sites excluding steroid dienone is 1. The number of benzene rings is 2. The van der Waals surface area contributed by atoms with Crippen LogP contribution in [0.25, 0.3) is 0 Å². The van der Waals surface area contributed by atoms with E-state index in [0.29, 0.717) is 16.3 Å². The summed E-state index contributed by atoms with van der Waals surface area (Å²) in [6, 6.07) is 16.1. The van der Waals surface area contributed by atoms with E-state index in [4.69, 9.17) is 16.3 Å². The Hall–Kier alpha value is -3.28. The number of anilines is 1. The highest BCUT2D eigenvalue weighted by atomic mass is 35.5. The van der Waals surface area contributed by atoms with Crippen LogP contribution < -0.4 is 10.6 Å². The number of nitrogens with zero attached hydrogens (tertiary/aromatic N) is 1. The lowest BCUT2D eigenvalue weighted by Crippen LogP contribution is -2.44. The molecule has 2 atom stereocenters. The van der Waals surface area contributed by atoms with Gasteiger partial charge in [-0.05, 0) is 30.2 Å². The molecule has 2 aromatic carbocycles. The Morgan fingerprint density at radius 1 is 1.22 bits per heavy atom. The standard InChI is InChI=1S/C23H20ClN3O4S/c1-13-7-3-6-10-17(13)26-18(28)12-32-22-15(11-25)19(14-8-4-5-9-16(14)24)20(21(29)27-22)23(30)31-2/h3-10,19-20H,12H2,1-2H3,(H,26,28)(H,27,29)/t19-,20-/m1/s1. The highest BCUT2D eigenvalue weighted by molar-refractivity contribution is 8.03. The number of para-hydroxylation sites is 1. The van der Waals surface area contributed by atoms with Crippen LogP contribution in [0, 0.1) is 24.2 Å². The number of hydrogen-bond acceptors (Lipinski definition) is 6. The molecule has 0 radical (unpaired) electrons. The normalized spacial score (nSPS) is 17.9. The monoisotopic (exact) mass is 469 g/mol. The average Bonchev–Trinajstić information content (AvgIpc) is 2.78. The van der Waals surface area contributed by atoms with Crippen molar-refractivity contribution in [2.45, 2.75) is 12.8 Å². The van der Waals surface area contributed by atoms with Gasteiger partial charge in [0.25, 0.3) is 0 Å². The summed E-state index contributed by atoms with van der Waals surface area (Å²) in [7, 11) is 1.18. The molecule has 0 unspecified atom stereocenters. The van der Waals surface area contributed by atoms with Crippen LogP contribution in [0.1, 0.15) is 17.0 Å². The second-order valence-electron chi connectivity index (χ2n) is 7.00. The molecule has 2 amide bonds. The van der Waals surface area contributed by atoms with Gasteiger partial charge in [0.15, 0.2) is 0 Å². The number of rotatable bonds is 6. The largest absolute Gasteiger partial charge is 0.468 e. The number of nitriles is 1. The van der Waals surface area contributed by atoms with Crippen LogP contribution in [-0.4, -0.2) is 30.6 Å². The van der Waals surface area contributed by atoms with Gasteiger partial charge in [0.05, 0.1) is 29.5 Å². The number of halogens is 1. The Morgan fingerprint density at radius 3 is 2.56 bits per heavy atom. The first-order valence-electron chi connectivity index (χ1n) is 9.63. The predicted molar refractivity (Wildman–Crippen MR) is 123 cm³/mol. The molecule has 0 fully saturated rings. The number of thioether (sulfide) groups is 1. The Bertz CT molecular complexity index is 1140. The Balaban J connectivity index is 1.92. The zero-order valence-corrected chi connectivity index (χ0v) is 18.9. The molecule has 1 heterocycles. The molecular weight excluding hydrogens is 450 g/mol. The lowest BCUT2D eigenvalue weighted by molar-refractivity contribution is -0.150. The topological polar surface area (TPSA) is 108 Å². The van der Waals surface area contributed by atoms with E-state index in [1.54, 1.807) is 30.3 Å². The van der Waals surface area contributed by atoms with E-state index in [1.807, 2.05) is 25.1 Å². The van der Waals surface area contributed by atoms with E-state index in [0.717, 1.165) is 17.3 Å². The van der Waals surface area contributed by atoms with Gasteiger partial charge in [-0.2, -0.15) is 5.26 Å². The Labute approximate surface area is 194 Å². The lowest BCUT2D eigenvalue weighted by atomic mass is 9.78. The van der Waals surface area contributed by atoms with Crippen molar-refractivity contribution in [3.8, 4) is 6.07 Å². The van der Waals surface area contributed by atoms with Crippen LogP contribution >= 0.6 is 23.4 Å². The Kier molecular flexibility index (Phi) is 7.57. The van der Waals surface area contributed by atoms with E-state index in [1.165, 1.54) is 7.11 Å². The second kappa shape index (κ2) is 10.4. The molecular formula is C23H20ClN3O4S. The first-order chi connectivity index (χ1) is 15.4. The molecule has 1 aliphatic rings. The van der Waals surface area contributed by atoms with Gasteiger partial charge >= 0.3 is 5.97 Å². The lowest BCUT2D eigenvalue weighted by Gasteiger charge is -2.31. The maximum Gasteiger partial charge on any atom is 0.319 e. The van der Waals surface area contributed by atoms with Gasteiger partial charge in [-0.25, -0.2) is 0 Å². The van der Waals surface area contributed by atoms with Crippen molar-refractivity contribution >= 4 is 46.8 Å². The van der Waals surface area contributed by atoms with E-state index in [-0.39, 0.29) is 22.3 Å². The molecule has 7 nitrogen and oxygen atoms in total. The molecule has 164 valence electrons. The van der Waals surface area contributed by atoms with Crippen molar-refractivity contribution in [1.82, 2.24) is 5.32 Å². The van der Waals surface area contributed by atoms with E-state index in [2.05, 4.69) is 16.7 Å². The van der Waals surface area contributed by atoms with Crippen molar-refractivity contribution < 1.29 is 19.1 Å². The summed E-state index contributed by atoms with van der Waals surface area (Å²) in [5.74, 6) is -3.96. The third-order valence-electron chi connectivity index (χ3n) is 4.99. The molecule has 0 spiro atoms. The van der Waals surface area contributed by atoms with Crippen LogP contribution in [0.4, 0.5) is 5.69 Å². The molecule has 0 saturated carbocycles. The molecule has 2 N–H and O–H groups in total. The van der Waals surface area contributed by atoms with E-state index < -0.39 is 23.7 Å². The van der Waals surface area contributed by atoms with Gasteiger partial charge in [0.1, 0.15) is 5.92 Å². The van der Waals surface area contributed by atoms with Crippen molar-refractivity contribution in [3.05, 3.63) is 75.3 Å². The van der Waals surface area contributed by atoms with Gasteiger partial charge in [-0.1, -0.05) is 59.8 Å². The first-order valence-corrected chi connectivity index (χ1v) is 11.0. The number of esters is 1. The third-order valence-corrected chi connectivity index (χ3v) is 6.35. The van der Waals surface area contributed by atoms with Crippen LogP contribution in [0.2, 0.25) is 5.02 Å². The van der Waals surface area contributed by atoms with Crippen molar-refractivity contribution in [3.63, 3.8) is 0 Å². The summed E-state index contributed by atoms with van der Waals surface area (Å²) in [6.07, 6.45) is 0. The quantitative estimate of drug-likeness (QED) is 0.492. The number of carbonyl (C=O) groups is 3. The highest BCUT2D eigenvalue weighted by Crippen LogP contribution is 2.42. The number of nitrogens with one attached hydrogen (secondary N) is 2. The maximum atomic E-state index is 12.8. The molecule has 0 aliphatic carbocycles. The number of carbonyl (C=O) groups excluding carboxylic acids is 3. The molecule has 9 heteroatoms. The predicted octanol–water partition coefficient (Wildman–Crippen LogP) is 3.76. The molecule has 0 bridgehead atoms. The summed E-state index contributed by atoms with van der Waals surface area (Å²) in [5, 5.41) is 15.8. The SMILES string of the molecule is COC(=O)[C@H]1C(=O)NC(SCC(=O)Nc2ccccc2C)=C(C#N)[C@H]1c1ccccc1Cl. The fourth-order valence-electron chi connectivity index (χ4n) is 3.42. The van der Waals surface area contributed by atoms with Crippen molar-refractivity contribution in [2.75, 3.05) is 18.2 Å². The minimum absolute atomic E-state index is 0.0484. The van der Waals surface area contributed by atoms with Gasteiger partial charge < -0.3 is 15.4 Å². The van der Waals surface area contributed by atoms with E-state index in [9.17, 15) is 19.6 Å². The van der Waals surface area contributed by atoms with Gasteiger partial charge in [0.2, 0.25) is 11.8 Å². The minimum atomic E-state index is -1.28. The van der Waals surface area contributed by atoms with Crippen LogP contribution in [0.5, 0.6) is 0 Å². The number of ether oxygens (including phenoxy) is 1. The molecule has 2 aromatic rings. The number of hydrogen-bond donors (Lipinski definition) is 2. The number of methoxy groups -OCH3 is 1. The van der Waals surface area contributed by atoms with E-state index >= 15 is 0 Å².